The topological polar surface area (TPSA) is 56.7 Å². The van der Waals surface area contributed by atoms with Gasteiger partial charge < -0.3 is 4.42 Å². The summed E-state index contributed by atoms with van der Waals surface area (Å²) in [6, 6.07) is 58.6. The average Bonchev–Trinajstić information content (AvgIpc) is 3.74. The van der Waals surface area contributed by atoms with Gasteiger partial charge in [-0.25, -0.2) is 4.98 Å². The van der Waals surface area contributed by atoms with Crippen LogP contribution in [-0.4, -0.2) is 19.5 Å². The Bertz CT molecular complexity index is 2810. The zero-order chi connectivity index (χ0) is 33.0. The van der Waals surface area contributed by atoms with Crippen molar-refractivity contribution in [2.24, 2.45) is 0 Å². The molecule has 7 aromatic carbocycles. The highest BCUT2D eigenvalue weighted by Crippen LogP contribution is 2.37. The minimum atomic E-state index is 0.586. The number of furan rings is 1. The third-order valence-corrected chi connectivity index (χ3v) is 9.49. The molecule has 0 aliphatic carbocycles. The van der Waals surface area contributed by atoms with E-state index in [9.17, 15) is 0 Å². The molecule has 0 saturated heterocycles. The van der Waals surface area contributed by atoms with Crippen molar-refractivity contribution >= 4 is 43.7 Å². The van der Waals surface area contributed by atoms with Crippen molar-refractivity contribution in [2.75, 3.05) is 0 Å². The number of fused-ring (bicyclic) bond motifs is 6. The zero-order valence-corrected chi connectivity index (χ0v) is 26.9. The number of hydrogen-bond donors (Lipinski definition) is 0. The van der Waals surface area contributed by atoms with Crippen LogP contribution in [0.5, 0.6) is 0 Å². The summed E-state index contributed by atoms with van der Waals surface area (Å²) in [6.45, 7) is 0. The Kier molecular flexibility index (Phi) is 6.42. The van der Waals surface area contributed by atoms with Gasteiger partial charge in [0.2, 0.25) is 5.95 Å². The van der Waals surface area contributed by atoms with Crippen LogP contribution < -0.4 is 0 Å². The van der Waals surface area contributed by atoms with E-state index in [0.29, 0.717) is 17.6 Å². The minimum Gasteiger partial charge on any atom is -0.455 e. The fraction of sp³-hybridized carbons (Fsp3) is 0. The monoisotopic (exact) mass is 640 g/mol. The second-order valence-electron chi connectivity index (χ2n) is 12.5. The molecule has 5 heteroatoms. The number of para-hydroxylation sites is 4. The zero-order valence-electron chi connectivity index (χ0n) is 26.9. The molecule has 0 saturated carbocycles. The van der Waals surface area contributed by atoms with E-state index in [1.165, 1.54) is 0 Å². The molecule has 0 N–H and O–H groups in total. The Morgan fingerprint density at radius 1 is 0.380 bits per heavy atom. The quantitative estimate of drug-likeness (QED) is 0.188. The van der Waals surface area contributed by atoms with Crippen molar-refractivity contribution < 1.29 is 4.42 Å². The lowest BCUT2D eigenvalue weighted by atomic mass is 9.97. The summed E-state index contributed by atoms with van der Waals surface area (Å²) in [4.78, 5) is 15.2. The maximum absolute atomic E-state index is 6.35. The summed E-state index contributed by atoms with van der Waals surface area (Å²) < 4.78 is 8.50. The molecule has 10 rings (SSSR count). The van der Waals surface area contributed by atoms with Gasteiger partial charge in [-0.15, -0.1) is 0 Å². The van der Waals surface area contributed by atoms with Crippen LogP contribution in [-0.2, 0) is 0 Å². The third kappa shape index (κ3) is 4.60. The maximum atomic E-state index is 6.35. The summed E-state index contributed by atoms with van der Waals surface area (Å²) in [7, 11) is 0. The Morgan fingerprint density at radius 2 is 0.920 bits per heavy atom. The van der Waals surface area contributed by atoms with Gasteiger partial charge in [0.25, 0.3) is 0 Å². The van der Waals surface area contributed by atoms with E-state index in [1.807, 2.05) is 42.5 Å². The largest absolute Gasteiger partial charge is 0.455 e. The molecule has 0 amide bonds. The molecule has 0 atom stereocenters. The van der Waals surface area contributed by atoms with Crippen LogP contribution in [0.1, 0.15) is 0 Å². The van der Waals surface area contributed by atoms with Crippen LogP contribution in [0.3, 0.4) is 0 Å². The average molecular weight is 641 g/mol. The highest BCUT2D eigenvalue weighted by atomic mass is 16.3. The molecule has 234 valence electrons. The van der Waals surface area contributed by atoms with Crippen LogP contribution in [0.25, 0.3) is 94.7 Å². The highest BCUT2D eigenvalue weighted by molar-refractivity contribution is 6.10. The van der Waals surface area contributed by atoms with Gasteiger partial charge in [-0.05, 0) is 41.0 Å². The van der Waals surface area contributed by atoms with Crippen molar-refractivity contribution in [1.82, 2.24) is 19.5 Å². The first-order chi connectivity index (χ1) is 24.8. The van der Waals surface area contributed by atoms with Crippen LogP contribution in [0.4, 0.5) is 0 Å². The molecule has 0 radical (unpaired) electrons. The molecule has 0 bridgehead atoms. The van der Waals surface area contributed by atoms with Gasteiger partial charge in [-0.2, -0.15) is 9.97 Å². The van der Waals surface area contributed by atoms with Crippen molar-refractivity contribution in [3.05, 3.63) is 170 Å². The molecule has 0 aliphatic heterocycles. The Labute approximate surface area is 287 Å². The summed E-state index contributed by atoms with van der Waals surface area (Å²) in [5.74, 6) is 1.83. The fourth-order valence-electron chi connectivity index (χ4n) is 7.10. The molecule has 50 heavy (non-hydrogen) atoms. The molecule has 10 aromatic rings. The highest BCUT2D eigenvalue weighted by Gasteiger charge is 2.18. The van der Waals surface area contributed by atoms with Crippen LogP contribution >= 0.6 is 0 Å². The predicted molar refractivity (Wildman–Crippen MR) is 203 cm³/mol. The smallest absolute Gasteiger partial charge is 0.238 e. The van der Waals surface area contributed by atoms with E-state index in [1.54, 1.807) is 0 Å². The van der Waals surface area contributed by atoms with Crippen molar-refractivity contribution in [3.8, 4) is 51.0 Å². The fourth-order valence-corrected chi connectivity index (χ4v) is 7.10. The lowest BCUT2D eigenvalue weighted by molar-refractivity contribution is 0.670. The van der Waals surface area contributed by atoms with E-state index in [-0.39, 0.29) is 0 Å². The van der Waals surface area contributed by atoms with Crippen LogP contribution in [0.15, 0.2) is 174 Å². The number of aromatic nitrogens is 4. The summed E-state index contributed by atoms with van der Waals surface area (Å²) in [5.41, 5.74) is 10.2. The van der Waals surface area contributed by atoms with E-state index in [4.69, 9.17) is 19.4 Å². The van der Waals surface area contributed by atoms with Gasteiger partial charge in [0.05, 0.1) is 11.0 Å². The van der Waals surface area contributed by atoms with E-state index in [2.05, 4.69) is 132 Å². The third-order valence-electron chi connectivity index (χ3n) is 9.49. The molecule has 0 fully saturated rings. The first-order valence-corrected chi connectivity index (χ1v) is 16.7. The molecule has 3 heterocycles. The Balaban J connectivity index is 1.07. The number of benzene rings is 7. The second-order valence-corrected chi connectivity index (χ2v) is 12.5. The molecule has 0 spiro atoms. The summed E-state index contributed by atoms with van der Waals surface area (Å²) >= 11 is 0. The molecular formula is C45H28N4O. The molecule has 0 unspecified atom stereocenters. The number of nitrogens with zero attached hydrogens (tertiary/aromatic N) is 4. The second kappa shape index (κ2) is 11.4. The van der Waals surface area contributed by atoms with Crippen molar-refractivity contribution in [3.63, 3.8) is 0 Å². The minimum absolute atomic E-state index is 0.586. The van der Waals surface area contributed by atoms with E-state index in [0.717, 1.165) is 77.1 Å². The van der Waals surface area contributed by atoms with Gasteiger partial charge in [-0.3, -0.25) is 4.57 Å². The van der Waals surface area contributed by atoms with Gasteiger partial charge in [0.1, 0.15) is 11.2 Å². The predicted octanol–water partition coefficient (Wildman–Crippen LogP) is 11.5. The van der Waals surface area contributed by atoms with E-state index < -0.39 is 0 Å². The first-order valence-electron chi connectivity index (χ1n) is 16.7. The Hall–Kier alpha value is -6.85. The maximum Gasteiger partial charge on any atom is 0.238 e. The summed E-state index contributed by atoms with van der Waals surface area (Å²) in [5, 5.41) is 4.58. The molecule has 0 aliphatic rings. The van der Waals surface area contributed by atoms with Crippen molar-refractivity contribution in [1.29, 1.82) is 0 Å². The Morgan fingerprint density at radius 3 is 1.66 bits per heavy atom. The van der Waals surface area contributed by atoms with Crippen LogP contribution in [0, 0.1) is 0 Å². The van der Waals surface area contributed by atoms with Gasteiger partial charge >= 0.3 is 0 Å². The lowest BCUT2D eigenvalue weighted by Gasteiger charge is -2.11. The number of hydrogen-bond acceptors (Lipinski definition) is 4. The number of rotatable bonds is 5. The lowest BCUT2D eigenvalue weighted by Crippen LogP contribution is -2.06. The van der Waals surface area contributed by atoms with Gasteiger partial charge in [0, 0.05) is 38.2 Å². The SMILES string of the molecule is c1ccc(-c2nc(-c3ccc(-c4cccc(-c5cccc6c5oc5ccccc56)c4)cc3)nc(-n3c4ccccc4c4ccccc43)n2)cc1. The normalized spacial score (nSPS) is 11.6. The summed E-state index contributed by atoms with van der Waals surface area (Å²) in [6.07, 6.45) is 0. The van der Waals surface area contributed by atoms with E-state index >= 15 is 0 Å². The van der Waals surface area contributed by atoms with Crippen LogP contribution in [0.2, 0.25) is 0 Å². The first kappa shape index (κ1) is 28.2. The van der Waals surface area contributed by atoms with Gasteiger partial charge in [-0.1, -0.05) is 146 Å². The molecular weight excluding hydrogens is 613 g/mol. The molecule has 3 aromatic heterocycles. The van der Waals surface area contributed by atoms with Gasteiger partial charge in [0.15, 0.2) is 11.6 Å². The van der Waals surface area contributed by atoms with Crippen molar-refractivity contribution in [2.45, 2.75) is 0 Å². The standard InChI is InChI=1S/C45H28N4O/c1-2-12-30(13-3-1)43-46-44(48-45(47-43)49-39-21-7-4-16-35(39)36-17-5-8-22-40(36)49)31-26-24-29(25-27-31)32-14-10-15-33(28-32)34-19-11-20-38-37-18-6-9-23-41(37)50-42(34)38/h1-28H. The molecule has 5 nitrogen and oxygen atoms in total.